The first kappa shape index (κ1) is 23.7. The molecule has 0 aliphatic heterocycles. The van der Waals surface area contributed by atoms with Gasteiger partial charge < -0.3 is 8.84 Å². The van der Waals surface area contributed by atoms with Crippen LogP contribution in [0.2, 0.25) is 18.1 Å². The van der Waals surface area contributed by atoms with Gasteiger partial charge in [-0.1, -0.05) is 93.6 Å². The molecule has 0 radical (unpaired) electrons. The minimum absolute atomic E-state index is 0.0545. The van der Waals surface area contributed by atoms with Gasteiger partial charge in [0.25, 0.3) is 0 Å². The number of carbonyl (C=O) groups excluding carboxylic acids is 1. The maximum absolute atomic E-state index is 13.2. The summed E-state index contributed by atoms with van der Waals surface area (Å²) in [6, 6.07) is 27.2. The summed E-state index contributed by atoms with van der Waals surface area (Å²) in [4.78, 5) is 17.9. The molecule has 0 aliphatic rings. The molecule has 0 aliphatic carbocycles. The van der Waals surface area contributed by atoms with Crippen molar-refractivity contribution < 1.29 is 13.6 Å². The fourth-order valence-electron chi connectivity index (χ4n) is 3.44. The van der Waals surface area contributed by atoms with E-state index in [2.05, 4.69) is 33.9 Å². The van der Waals surface area contributed by atoms with Gasteiger partial charge in [-0.15, -0.1) is 0 Å². The van der Waals surface area contributed by atoms with Crippen molar-refractivity contribution in [2.45, 2.75) is 45.3 Å². The van der Waals surface area contributed by atoms with Crippen LogP contribution in [0.25, 0.3) is 22.6 Å². The summed E-state index contributed by atoms with van der Waals surface area (Å²) in [6.45, 7) is 11.0. The molecule has 0 fully saturated rings. The standard InChI is InChI=1S/C29H31NO3Si/c1-29(2,3)34(4,5)33-24-18-12-17-23(19-24)25(31)20-26-30-27(21-13-8-6-9-14-21)28(32-26)22-15-10-7-11-16-22/h6-19H,20H2,1-5H3. The van der Waals surface area contributed by atoms with E-state index in [0.717, 1.165) is 22.6 Å². The van der Waals surface area contributed by atoms with Crippen molar-refractivity contribution in [2.24, 2.45) is 0 Å². The lowest BCUT2D eigenvalue weighted by Crippen LogP contribution is -2.43. The lowest BCUT2D eigenvalue weighted by atomic mass is 10.1. The van der Waals surface area contributed by atoms with Crippen LogP contribution in [0.5, 0.6) is 5.75 Å². The number of nitrogens with zero attached hydrogens (tertiary/aromatic N) is 1. The number of aromatic nitrogens is 1. The number of benzene rings is 3. The van der Waals surface area contributed by atoms with Crippen LogP contribution in [0, 0.1) is 0 Å². The number of oxazole rings is 1. The van der Waals surface area contributed by atoms with Crippen LogP contribution in [0.4, 0.5) is 0 Å². The normalized spacial score (nSPS) is 11.9. The molecule has 4 rings (SSSR count). The van der Waals surface area contributed by atoms with Gasteiger partial charge in [0.1, 0.15) is 11.4 Å². The molecule has 34 heavy (non-hydrogen) atoms. The Balaban J connectivity index is 1.61. The Bertz CT molecular complexity index is 1210. The predicted molar refractivity (Wildman–Crippen MR) is 140 cm³/mol. The highest BCUT2D eigenvalue weighted by atomic mass is 28.4. The summed E-state index contributed by atoms with van der Waals surface area (Å²) in [5, 5.41) is 0.0762. The fraction of sp³-hybridized carbons (Fsp3) is 0.241. The van der Waals surface area contributed by atoms with Crippen LogP contribution in [0.1, 0.15) is 37.0 Å². The summed E-state index contributed by atoms with van der Waals surface area (Å²) in [7, 11) is -2.00. The molecule has 0 saturated carbocycles. The van der Waals surface area contributed by atoms with Crippen LogP contribution < -0.4 is 4.43 Å². The van der Waals surface area contributed by atoms with Crippen LogP contribution in [0.3, 0.4) is 0 Å². The number of hydrogen-bond donors (Lipinski definition) is 0. The van der Waals surface area contributed by atoms with E-state index in [0.29, 0.717) is 17.2 Å². The maximum Gasteiger partial charge on any atom is 0.250 e. The van der Waals surface area contributed by atoms with Crippen molar-refractivity contribution in [3.63, 3.8) is 0 Å². The number of Topliss-reactive ketones (excluding diaryl/α,β-unsaturated/α-hetero) is 1. The zero-order valence-electron chi connectivity index (χ0n) is 20.5. The number of rotatable bonds is 7. The average molecular weight is 470 g/mol. The van der Waals surface area contributed by atoms with Gasteiger partial charge in [-0.25, -0.2) is 4.98 Å². The zero-order valence-corrected chi connectivity index (χ0v) is 21.5. The summed E-state index contributed by atoms with van der Waals surface area (Å²) in [5.74, 6) is 1.75. The fourth-order valence-corrected chi connectivity index (χ4v) is 4.46. The van der Waals surface area contributed by atoms with Gasteiger partial charge in [-0.2, -0.15) is 0 Å². The lowest BCUT2D eigenvalue weighted by molar-refractivity contribution is 0.0985. The highest BCUT2D eigenvalue weighted by Gasteiger charge is 2.39. The van der Waals surface area contributed by atoms with Crippen LogP contribution in [-0.4, -0.2) is 19.1 Å². The Kier molecular flexibility index (Phi) is 6.58. The zero-order chi connectivity index (χ0) is 24.3. The van der Waals surface area contributed by atoms with E-state index >= 15 is 0 Å². The number of ketones is 1. The molecule has 0 spiro atoms. The van der Waals surface area contributed by atoms with E-state index in [4.69, 9.17) is 13.8 Å². The topological polar surface area (TPSA) is 52.3 Å². The molecule has 0 unspecified atom stereocenters. The summed E-state index contributed by atoms with van der Waals surface area (Å²) >= 11 is 0. The predicted octanol–water partition coefficient (Wildman–Crippen LogP) is 7.82. The molecular formula is C29H31NO3Si. The van der Waals surface area contributed by atoms with Gasteiger partial charge in [0.2, 0.25) is 14.2 Å². The quantitative estimate of drug-likeness (QED) is 0.204. The molecule has 174 valence electrons. The third-order valence-electron chi connectivity index (χ3n) is 6.40. The number of hydrogen-bond acceptors (Lipinski definition) is 4. The van der Waals surface area contributed by atoms with E-state index in [1.807, 2.05) is 84.9 Å². The highest BCUT2D eigenvalue weighted by molar-refractivity contribution is 6.74. The third-order valence-corrected chi connectivity index (χ3v) is 10.8. The van der Waals surface area contributed by atoms with Crippen molar-refractivity contribution in [2.75, 3.05) is 0 Å². The average Bonchev–Trinajstić information content (AvgIpc) is 3.23. The van der Waals surface area contributed by atoms with Crippen molar-refractivity contribution in [1.82, 2.24) is 4.98 Å². The Morgan fingerprint density at radius 1 is 0.882 bits per heavy atom. The SMILES string of the molecule is CC(C)(C)[Si](C)(C)Oc1cccc(C(=O)Cc2nc(-c3ccccc3)c(-c3ccccc3)o2)c1. The van der Waals surface area contributed by atoms with Gasteiger partial charge in [0, 0.05) is 16.7 Å². The molecule has 4 aromatic rings. The first-order valence-electron chi connectivity index (χ1n) is 11.6. The van der Waals surface area contributed by atoms with E-state index in [-0.39, 0.29) is 17.2 Å². The van der Waals surface area contributed by atoms with Crippen LogP contribution in [-0.2, 0) is 6.42 Å². The molecule has 5 heteroatoms. The smallest absolute Gasteiger partial charge is 0.250 e. The largest absolute Gasteiger partial charge is 0.543 e. The van der Waals surface area contributed by atoms with Gasteiger partial charge in [0.05, 0.1) is 6.42 Å². The van der Waals surface area contributed by atoms with Crippen LogP contribution in [0.15, 0.2) is 89.3 Å². The van der Waals surface area contributed by atoms with Gasteiger partial charge in [-0.05, 0) is 30.3 Å². The summed E-state index contributed by atoms with van der Waals surface area (Å²) < 4.78 is 12.5. The molecule has 0 bridgehead atoms. The minimum atomic E-state index is -2.00. The molecule has 3 aromatic carbocycles. The number of carbonyl (C=O) groups is 1. The molecule has 0 atom stereocenters. The third kappa shape index (κ3) is 5.20. The van der Waals surface area contributed by atoms with Crippen molar-refractivity contribution in [3.05, 3.63) is 96.4 Å². The second-order valence-corrected chi connectivity index (χ2v) is 14.7. The molecular weight excluding hydrogens is 438 g/mol. The van der Waals surface area contributed by atoms with Gasteiger partial charge >= 0.3 is 0 Å². The Hall–Kier alpha value is -3.44. The minimum Gasteiger partial charge on any atom is -0.543 e. The van der Waals surface area contributed by atoms with E-state index in [9.17, 15) is 4.79 Å². The molecule has 1 heterocycles. The van der Waals surface area contributed by atoms with Crippen molar-refractivity contribution >= 4 is 14.1 Å². The second kappa shape index (κ2) is 9.43. The Labute approximate surface area is 202 Å². The van der Waals surface area contributed by atoms with E-state index < -0.39 is 8.32 Å². The monoisotopic (exact) mass is 469 g/mol. The lowest BCUT2D eigenvalue weighted by Gasteiger charge is -2.36. The molecule has 1 aromatic heterocycles. The van der Waals surface area contributed by atoms with E-state index in [1.54, 1.807) is 0 Å². The summed E-state index contributed by atoms with van der Waals surface area (Å²) in [6.07, 6.45) is 0.0796. The second-order valence-electron chi connectivity index (χ2n) is 10.0. The molecule has 0 N–H and O–H groups in total. The van der Waals surface area contributed by atoms with Crippen LogP contribution >= 0.6 is 0 Å². The molecule has 0 saturated heterocycles. The Morgan fingerprint density at radius 3 is 2.12 bits per heavy atom. The van der Waals surface area contributed by atoms with Crippen molar-refractivity contribution in [3.8, 4) is 28.3 Å². The first-order valence-corrected chi connectivity index (χ1v) is 14.5. The molecule has 0 amide bonds. The van der Waals surface area contributed by atoms with Gasteiger partial charge in [-0.3, -0.25) is 4.79 Å². The maximum atomic E-state index is 13.2. The highest BCUT2D eigenvalue weighted by Crippen LogP contribution is 2.37. The van der Waals surface area contributed by atoms with Gasteiger partial charge in [0.15, 0.2) is 11.5 Å². The van der Waals surface area contributed by atoms with E-state index in [1.165, 1.54) is 0 Å². The van der Waals surface area contributed by atoms with Crippen molar-refractivity contribution in [1.29, 1.82) is 0 Å². The molecule has 4 nitrogen and oxygen atoms in total. The Morgan fingerprint density at radius 2 is 1.50 bits per heavy atom. The summed E-state index contributed by atoms with van der Waals surface area (Å²) in [5.41, 5.74) is 3.22. The first-order chi connectivity index (χ1) is 16.1.